The lowest BCUT2D eigenvalue weighted by Crippen LogP contribution is -2.44. The van der Waals surface area contributed by atoms with Gasteiger partial charge in [0.25, 0.3) is 0 Å². The molecule has 0 spiro atoms. The van der Waals surface area contributed by atoms with Gasteiger partial charge in [-0.05, 0) is 105 Å². The molecule has 2 aromatic carbocycles. The Morgan fingerprint density at radius 1 is 1.20 bits per heavy atom. The maximum atomic E-state index is 13.3. The molecule has 2 aliphatic heterocycles. The van der Waals surface area contributed by atoms with Gasteiger partial charge in [-0.1, -0.05) is 13.5 Å². The molecule has 0 aromatic heterocycles. The topological polar surface area (TPSA) is 91.1 Å². The predicted molar refractivity (Wildman–Crippen MR) is 162 cm³/mol. The summed E-state index contributed by atoms with van der Waals surface area (Å²) in [5.41, 5.74) is 10.1. The first-order valence-corrected chi connectivity index (χ1v) is 15.8. The van der Waals surface area contributed by atoms with E-state index in [4.69, 9.17) is 19.4 Å². The number of aryl methyl sites for hydroxylation is 1. The number of hydrogen-bond donors (Lipinski definition) is 2. The van der Waals surface area contributed by atoms with E-state index in [1.807, 2.05) is 29.2 Å². The maximum Gasteiger partial charge on any atom is 0.223 e. The summed E-state index contributed by atoms with van der Waals surface area (Å²) in [6.45, 7) is 10.5. The number of unbranched alkanes of at least 4 members (excludes halogenated alkanes) is 2. The molecule has 0 aliphatic carbocycles. The molecule has 1 fully saturated rings. The van der Waals surface area contributed by atoms with Crippen LogP contribution in [-0.4, -0.2) is 46.1 Å². The SMILES string of the molecule is C=C(N)C1(S(=O)c2ccc(OCCCCCC(=O)N3CCc4cc(OS)c(CC)cc4C3C)cc2)CCOCC1. The molecule has 0 radical (unpaired) electrons. The van der Waals surface area contributed by atoms with Crippen LogP contribution in [0, 0.1) is 0 Å². The number of nitrogens with two attached hydrogens (primary N) is 1. The van der Waals surface area contributed by atoms with Crippen LogP contribution in [0.4, 0.5) is 0 Å². The summed E-state index contributed by atoms with van der Waals surface area (Å²) in [4.78, 5) is 15.8. The number of amides is 1. The first kappa shape index (κ1) is 30.5. The zero-order chi connectivity index (χ0) is 28.7. The van der Waals surface area contributed by atoms with Crippen molar-refractivity contribution >= 4 is 29.6 Å². The lowest BCUT2D eigenvalue weighted by molar-refractivity contribution is -0.133. The summed E-state index contributed by atoms with van der Waals surface area (Å²) in [5.74, 6) is 1.76. The number of benzene rings is 2. The van der Waals surface area contributed by atoms with E-state index in [9.17, 15) is 9.00 Å². The van der Waals surface area contributed by atoms with Gasteiger partial charge in [0.1, 0.15) is 11.5 Å². The van der Waals surface area contributed by atoms with Crippen LogP contribution in [0.25, 0.3) is 0 Å². The number of fused-ring (bicyclic) bond motifs is 1. The van der Waals surface area contributed by atoms with Crippen LogP contribution < -0.4 is 14.7 Å². The van der Waals surface area contributed by atoms with Gasteiger partial charge in [0.15, 0.2) is 0 Å². The van der Waals surface area contributed by atoms with Gasteiger partial charge in [-0.25, -0.2) is 0 Å². The number of carbonyl (C=O) groups excluding carboxylic acids is 1. The van der Waals surface area contributed by atoms with Crippen molar-refractivity contribution in [1.82, 2.24) is 4.90 Å². The Morgan fingerprint density at radius 3 is 2.58 bits per heavy atom. The Labute approximate surface area is 246 Å². The zero-order valence-corrected chi connectivity index (χ0v) is 25.4. The molecule has 1 saturated heterocycles. The third-order valence-electron chi connectivity index (χ3n) is 8.24. The van der Waals surface area contributed by atoms with Crippen molar-refractivity contribution in [2.45, 2.75) is 80.9 Å². The molecule has 40 heavy (non-hydrogen) atoms. The fourth-order valence-electron chi connectivity index (χ4n) is 5.70. The minimum atomic E-state index is -1.31. The van der Waals surface area contributed by atoms with Crippen molar-refractivity contribution in [3.63, 3.8) is 0 Å². The number of hydrogen-bond acceptors (Lipinski definition) is 7. The van der Waals surface area contributed by atoms with Gasteiger partial charge in [0.05, 0.1) is 28.2 Å². The molecule has 4 rings (SSSR count). The van der Waals surface area contributed by atoms with Crippen LogP contribution in [-0.2, 0) is 33.2 Å². The van der Waals surface area contributed by atoms with Crippen molar-refractivity contribution in [1.29, 1.82) is 0 Å². The fraction of sp³-hybridized carbons (Fsp3) is 0.516. The summed E-state index contributed by atoms with van der Waals surface area (Å²) in [6, 6.07) is 11.7. The van der Waals surface area contributed by atoms with E-state index in [1.54, 1.807) is 0 Å². The van der Waals surface area contributed by atoms with E-state index >= 15 is 0 Å². The van der Waals surface area contributed by atoms with Crippen LogP contribution in [0.2, 0.25) is 0 Å². The largest absolute Gasteiger partial charge is 0.494 e. The summed E-state index contributed by atoms with van der Waals surface area (Å²) >= 11 is 4.00. The predicted octanol–water partition coefficient (Wildman–Crippen LogP) is 5.69. The second-order valence-corrected chi connectivity index (χ2v) is 12.6. The Kier molecular flexibility index (Phi) is 10.6. The lowest BCUT2D eigenvalue weighted by atomic mass is 9.90. The molecule has 2 N–H and O–H groups in total. The van der Waals surface area contributed by atoms with E-state index < -0.39 is 15.5 Å². The van der Waals surface area contributed by atoms with Crippen molar-refractivity contribution in [3.8, 4) is 11.5 Å². The van der Waals surface area contributed by atoms with Crippen LogP contribution in [0.3, 0.4) is 0 Å². The molecule has 2 aromatic rings. The van der Waals surface area contributed by atoms with Crippen molar-refractivity contribution in [3.05, 3.63) is 65.4 Å². The highest BCUT2D eigenvalue weighted by atomic mass is 32.2. The lowest BCUT2D eigenvalue weighted by Gasteiger charge is -2.36. The number of thiol groups is 1. The van der Waals surface area contributed by atoms with Crippen LogP contribution in [0.5, 0.6) is 11.5 Å². The summed E-state index contributed by atoms with van der Waals surface area (Å²) in [6.07, 6.45) is 6.04. The molecule has 218 valence electrons. The van der Waals surface area contributed by atoms with Gasteiger partial charge >= 0.3 is 0 Å². The standard InChI is InChI=1S/C31H42N2O5S2/c1-4-24-20-28-22(2)33(16-13-25(28)21-29(24)38-39)30(34)8-6-5-7-17-37-26-9-11-27(12-10-26)40(35)31(23(3)32)14-18-36-19-15-31/h9-12,20-22,39H,3-8,13-19,32H2,1-2H3. The van der Waals surface area contributed by atoms with E-state index in [1.165, 1.54) is 11.1 Å². The third kappa shape index (κ3) is 6.69. The van der Waals surface area contributed by atoms with Gasteiger partial charge in [-0.2, -0.15) is 0 Å². The zero-order valence-electron chi connectivity index (χ0n) is 23.7. The molecule has 2 unspecified atom stereocenters. The van der Waals surface area contributed by atoms with Crippen LogP contribution in [0.15, 0.2) is 53.6 Å². The molecular weight excluding hydrogens is 544 g/mol. The summed E-state index contributed by atoms with van der Waals surface area (Å²) in [7, 11) is -1.31. The minimum Gasteiger partial charge on any atom is -0.494 e. The molecular formula is C31H42N2O5S2. The van der Waals surface area contributed by atoms with E-state index in [0.29, 0.717) is 44.8 Å². The second-order valence-electron chi connectivity index (χ2n) is 10.6. The Morgan fingerprint density at radius 2 is 1.93 bits per heavy atom. The molecule has 2 aliphatic rings. The van der Waals surface area contributed by atoms with E-state index in [-0.39, 0.29) is 11.9 Å². The molecule has 0 bridgehead atoms. The Bertz CT molecular complexity index is 1210. The molecule has 1 amide bonds. The van der Waals surface area contributed by atoms with Gasteiger partial charge in [0, 0.05) is 49.7 Å². The van der Waals surface area contributed by atoms with Crippen molar-refractivity contribution in [2.24, 2.45) is 5.73 Å². The average Bonchev–Trinajstić information content (AvgIpc) is 2.98. The highest BCUT2D eigenvalue weighted by molar-refractivity contribution is 7.86. The summed E-state index contributed by atoms with van der Waals surface area (Å²) < 4.78 is 29.3. The Hall–Kier alpha value is -2.49. The van der Waals surface area contributed by atoms with Gasteiger partial charge in [0.2, 0.25) is 5.91 Å². The molecule has 2 atom stereocenters. The van der Waals surface area contributed by atoms with E-state index in [2.05, 4.69) is 45.5 Å². The first-order valence-electron chi connectivity index (χ1n) is 14.2. The van der Waals surface area contributed by atoms with Gasteiger partial charge < -0.3 is 24.3 Å². The molecule has 7 nitrogen and oxygen atoms in total. The van der Waals surface area contributed by atoms with Crippen molar-refractivity contribution in [2.75, 3.05) is 26.4 Å². The Balaban J connectivity index is 1.20. The highest BCUT2D eigenvalue weighted by Crippen LogP contribution is 2.37. The van der Waals surface area contributed by atoms with E-state index in [0.717, 1.165) is 60.6 Å². The monoisotopic (exact) mass is 586 g/mol. The van der Waals surface area contributed by atoms with Crippen LogP contribution in [0.1, 0.15) is 75.1 Å². The quantitative estimate of drug-likeness (QED) is 0.189. The third-order valence-corrected chi connectivity index (χ3v) is 10.5. The molecule has 0 saturated carbocycles. The second kappa shape index (κ2) is 13.9. The van der Waals surface area contributed by atoms with Gasteiger partial charge in [-0.15, -0.1) is 0 Å². The molecule has 9 heteroatoms. The smallest absolute Gasteiger partial charge is 0.223 e. The average molecular weight is 587 g/mol. The van der Waals surface area contributed by atoms with Crippen molar-refractivity contribution < 1.29 is 22.7 Å². The van der Waals surface area contributed by atoms with Gasteiger partial charge in [-0.3, -0.25) is 9.00 Å². The number of carbonyl (C=O) groups is 1. The number of ether oxygens (including phenoxy) is 2. The molecule has 2 heterocycles. The number of rotatable bonds is 12. The summed E-state index contributed by atoms with van der Waals surface area (Å²) in [5, 5.41) is 0. The first-order chi connectivity index (χ1) is 19.3. The minimum absolute atomic E-state index is 0.0559. The maximum absolute atomic E-state index is 13.3. The van der Waals surface area contributed by atoms with Crippen LogP contribution >= 0.6 is 12.9 Å². The number of nitrogens with zero attached hydrogens (tertiary/aromatic N) is 1. The normalized spacial score (nSPS) is 19.0. The highest BCUT2D eigenvalue weighted by Gasteiger charge is 2.41. The fourth-order valence-corrected chi connectivity index (χ4v) is 7.48.